The number of hydrogen-bond donors (Lipinski definition) is 2. The monoisotopic (exact) mass is 304 g/mol. The number of nitrogens with one attached hydrogen (secondary N) is 1. The number of aromatic nitrogens is 1. The van der Waals surface area contributed by atoms with Gasteiger partial charge in [0.25, 0.3) is 0 Å². The van der Waals surface area contributed by atoms with Crippen molar-refractivity contribution >= 4 is 28.5 Å². The topological polar surface area (TPSA) is 94.4 Å². The lowest BCUT2D eigenvalue weighted by Gasteiger charge is -2.14. The van der Waals surface area contributed by atoms with Gasteiger partial charge in [-0.3, -0.25) is 9.59 Å². The molecule has 0 aliphatic carbocycles. The number of nitrogen functional groups attached to an aromatic ring is 1. The molecule has 0 unspecified atom stereocenters. The number of nitrogens with two attached hydrogens (primary N) is 1. The predicted octanol–water partition coefficient (Wildman–Crippen LogP) is 2.04. The Labute approximate surface area is 128 Å². The number of esters is 2. The second-order valence-electron chi connectivity index (χ2n) is 4.84. The fraction of sp³-hybridized carbons (Fsp3) is 0.375. The van der Waals surface area contributed by atoms with E-state index >= 15 is 0 Å². The van der Waals surface area contributed by atoms with Crippen LogP contribution in [0.25, 0.3) is 10.9 Å². The average molecular weight is 304 g/mol. The lowest BCUT2D eigenvalue weighted by atomic mass is 9.98. The van der Waals surface area contributed by atoms with Crippen LogP contribution in [0.1, 0.15) is 19.4 Å². The third-order valence-electron chi connectivity index (χ3n) is 3.39. The van der Waals surface area contributed by atoms with Crippen molar-refractivity contribution in [1.82, 2.24) is 4.98 Å². The molecule has 2 aromatic rings. The largest absolute Gasteiger partial charge is 0.465 e. The van der Waals surface area contributed by atoms with E-state index in [4.69, 9.17) is 15.2 Å². The maximum absolute atomic E-state index is 12.0. The number of hydrogen-bond acceptors (Lipinski definition) is 5. The van der Waals surface area contributed by atoms with E-state index in [-0.39, 0.29) is 19.6 Å². The zero-order valence-corrected chi connectivity index (χ0v) is 12.7. The Morgan fingerprint density at radius 1 is 1.18 bits per heavy atom. The summed E-state index contributed by atoms with van der Waals surface area (Å²) in [6.45, 7) is 3.82. The highest BCUT2D eigenvalue weighted by molar-refractivity contribution is 5.98. The second-order valence-corrected chi connectivity index (χ2v) is 4.84. The van der Waals surface area contributed by atoms with Crippen LogP contribution in [0.2, 0.25) is 0 Å². The highest BCUT2D eigenvalue weighted by Crippen LogP contribution is 2.27. The van der Waals surface area contributed by atoms with Crippen LogP contribution >= 0.6 is 0 Å². The number of carbonyl (C=O) groups is 2. The van der Waals surface area contributed by atoms with Gasteiger partial charge in [0.2, 0.25) is 0 Å². The highest BCUT2D eigenvalue weighted by Gasteiger charge is 2.30. The lowest BCUT2D eigenvalue weighted by molar-refractivity contribution is -0.161. The molecule has 0 saturated carbocycles. The normalized spacial score (nSPS) is 10.9. The Kier molecular flexibility index (Phi) is 5.04. The summed E-state index contributed by atoms with van der Waals surface area (Å²) in [7, 11) is 0. The number of aromatic amines is 1. The summed E-state index contributed by atoms with van der Waals surface area (Å²) in [5.41, 5.74) is 8.25. The van der Waals surface area contributed by atoms with Crippen molar-refractivity contribution in [2.45, 2.75) is 20.3 Å². The molecule has 0 atom stereocenters. The maximum Gasteiger partial charge on any atom is 0.320 e. The second kappa shape index (κ2) is 6.98. The molecule has 1 aromatic heterocycles. The number of H-pyrrole nitrogens is 1. The first kappa shape index (κ1) is 15.9. The van der Waals surface area contributed by atoms with Gasteiger partial charge in [0.1, 0.15) is 0 Å². The summed E-state index contributed by atoms with van der Waals surface area (Å²) in [6.07, 6.45) is 1.94. The number of rotatable bonds is 6. The summed E-state index contributed by atoms with van der Waals surface area (Å²) >= 11 is 0. The zero-order valence-electron chi connectivity index (χ0n) is 12.7. The van der Waals surface area contributed by atoms with E-state index in [1.807, 2.05) is 12.1 Å². The summed E-state index contributed by atoms with van der Waals surface area (Å²) in [6, 6.07) is 5.51. The molecule has 0 fully saturated rings. The molecular weight excluding hydrogens is 284 g/mol. The molecule has 6 nitrogen and oxygen atoms in total. The van der Waals surface area contributed by atoms with E-state index in [0.717, 1.165) is 16.5 Å². The van der Waals surface area contributed by atoms with Gasteiger partial charge in [-0.15, -0.1) is 0 Å². The van der Waals surface area contributed by atoms with Gasteiger partial charge in [-0.2, -0.15) is 0 Å². The van der Waals surface area contributed by atoms with E-state index < -0.39 is 17.9 Å². The Morgan fingerprint density at radius 2 is 1.82 bits per heavy atom. The average Bonchev–Trinajstić information content (AvgIpc) is 2.89. The Bertz CT molecular complexity index is 660. The van der Waals surface area contributed by atoms with Crippen molar-refractivity contribution in [2.24, 2.45) is 5.92 Å². The van der Waals surface area contributed by atoms with Crippen molar-refractivity contribution in [3.63, 3.8) is 0 Å². The molecule has 1 heterocycles. The summed E-state index contributed by atoms with van der Waals surface area (Å²) in [5, 5.41) is 0.820. The molecule has 6 heteroatoms. The van der Waals surface area contributed by atoms with E-state index in [1.165, 1.54) is 0 Å². The SMILES string of the molecule is CCOC(=O)C(Cc1c[nH]c2cccc(N)c12)C(=O)OCC. The number of fused-ring (bicyclic) bond motifs is 1. The Balaban J connectivity index is 2.32. The molecule has 0 saturated heterocycles. The van der Waals surface area contributed by atoms with Gasteiger partial charge in [0.05, 0.1) is 13.2 Å². The fourth-order valence-electron chi connectivity index (χ4n) is 2.42. The molecule has 118 valence electrons. The lowest BCUT2D eigenvalue weighted by Crippen LogP contribution is -2.30. The fourth-order valence-corrected chi connectivity index (χ4v) is 2.42. The van der Waals surface area contributed by atoms with Crippen LogP contribution in [-0.2, 0) is 25.5 Å². The van der Waals surface area contributed by atoms with Crippen LogP contribution in [0.5, 0.6) is 0 Å². The van der Waals surface area contributed by atoms with Crippen molar-refractivity contribution in [3.8, 4) is 0 Å². The number of benzene rings is 1. The molecule has 0 aliphatic heterocycles. The maximum atomic E-state index is 12.0. The number of ether oxygens (including phenoxy) is 2. The van der Waals surface area contributed by atoms with Crippen LogP contribution in [-0.4, -0.2) is 30.1 Å². The Morgan fingerprint density at radius 3 is 2.41 bits per heavy atom. The van der Waals surface area contributed by atoms with Crippen LogP contribution in [0.15, 0.2) is 24.4 Å². The quantitative estimate of drug-likeness (QED) is 0.484. The van der Waals surface area contributed by atoms with E-state index in [1.54, 1.807) is 26.1 Å². The van der Waals surface area contributed by atoms with E-state index in [0.29, 0.717) is 5.69 Å². The molecule has 3 N–H and O–H groups in total. The summed E-state index contributed by atoms with van der Waals surface area (Å²) in [5.74, 6) is -2.15. The standard InChI is InChI=1S/C16H20N2O4/c1-3-21-15(19)11(16(20)22-4-2)8-10-9-18-13-7-5-6-12(17)14(10)13/h5-7,9,11,18H,3-4,8,17H2,1-2H3. The molecule has 22 heavy (non-hydrogen) atoms. The molecular formula is C16H20N2O4. The van der Waals surface area contributed by atoms with Gasteiger partial charge in [-0.05, 0) is 38.0 Å². The highest BCUT2D eigenvalue weighted by atomic mass is 16.6. The van der Waals surface area contributed by atoms with Crippen molar-refractivity contribution < 1.29 is 19.1 Å². The van der Waals surface area contributed by atoms with Gasteiger partial charge in [0, 0.05) is 22.8 Å². The van der Waals surface area contributed by atoms with Crippen LogP contribution < -0.4 is 5.73 Å². The third-order valence-corrected chi connectivity index (χ3v) is 3.39. The van der Waals surface area contributed by atoms with Crippen molar-refractivity contribution in [2.75, 3.05) is 18.9 Å². The van der Waals surface area contributed by atoms with Crippen LogP contribution in [0.4, 0.5) is 5.69 Å². The third kappa shape index (κ3) is 3.21. The molecule has 0 amide bonds. The number of carbonyl (C=O) groups excluding carboxylic acids is 2. The summed E-state index contributed by atoms with van der Waals surface area (Å²) in [4.78, 5) is 27.2. The minimum Gasteiger partial charge on any atom is -0.465 e. The van der Waals surface area contributed by atoms with Crippen LogP contribution in [0.3, 0.4) is 0 Å². The van der Waals surface area contributed by atoms with Gasteiger partial charge < -0.3 is 20.2 Å². The molecule has 0 spiro atoms. The van der Waals surface area contributed by atoms with Gasteiger partial charge in [-0.25, -0.2) is 0 Å². The van der Waals surface area contributed by atoms with E-state index in [9.17, 15) is 9.59 Å². The molecule has 0 bridgehead atoms. The minimum atomic E-state index is -0.987. The molecule has 0 radical (unpaired) electrons. The van der Waals surface area contributed by atoms with Crippen molar-refractivity contribution in [3.05, 3.63) is 30.0 Å². The number of anilines is 1. The Hall–Kier alpha value is -2.50. The molecule has 1 aromatic carbocycles. The molecule has 0 aliphatic rings. The van der Waals surface area contributed by atoms with Gasteiger partial charge in [-0.1, -0.05) is 6.07 Å². The zero-order chi connectivity index (χ0) is 16.1. The first-order chi connectivity index (χ1) is 10.6. The van der Waals surface area contributed by atoms with Crippen molar-refractivity contribution in [1.29, 1.82) is 0 Å². The van der Waals surface area contributed by atoms with E-state index in [2.05, 4.69) is 4.98 Å². The van der Waals surface area contributed by atoms with Gasteiger partial charge in [0.15, 0.2) is 5.92 Å². The van der Waals surface area contributed by atoms with Crippen LogP contribution in [0, 0.1) is 5.92 Å². The summed E-state index contributed by atoms with van der Waals surface area (Å²) < 4.78 is 9.96. The smallest absolute Gasteiger partial charge is 0.320 e. The van der Waals surface area contributed by atoms with Gasteiger partial charge >= 0.3 is 11.9 Å². The first-order valence-electron chi connectivity index (χ1n) is 7.26. The minimum absolute atomic E-state index is 0.186. The predicted molar refractivity (Wildman–Crippen MR) is 83.2 cm³/mol. The molecule has 2 rings (SSSR count). The first-order valence-corrected chi connectivity index (χ1v) is 7.26.